The minimum absolute atomic E-state index is 0.151. The predicted molar refractivity (Wildman–Crippen MR) is 104 cm³/mol. The van der Waals surface area contributed by atoms with E-state index in [4.69, 9.17) is 5.73 Å². The minimum Gasteiger partial charge on any atom is -0.366 e. The fraction of sp³-hybridized carbons (Fsp3) is 0.0556. The lowest BCUT2D eigenvalue weighted by molar-refractivity contribution is 0.0955. The quantitative estimate of drug-likeness (QED) is 0.540. The Labute approximate surface area is 162 Å². The summed E-state index contributed by atoms with van der Waals surface area (Å²) in [5.41, 5.74) is 8.91. The fourth-order valence-electron chi connectivity index (χ4n) is 2.68. The van der Waals surface area contributed by atoms with Crippen molar-refractivity contribution in [2.75, 3.05) is 7.05 Å². The van der Waals surface area contributed by atoms with Crippen molar-refractivity contribution in [3.05, 3.63) is 53.6 Å². The highest BCUT2D eigenvalue weighted by atomic mass is 32.1. The summed E-state index contributed by atoms with van der Waals surface area (Å²) in [7, 11) is 1.50. The smallest absolute Gasteiger partial charge is 0.270 e. The molecule has 0 unspecified atom stereocenters. The van der Waals surface area contributed by atoms with Crippen LogP contribution in [0.5, 0.6) is 0 Å². The Morgan fingerprint density at radius 1 is 1.00 bits per heavy atom. The molecule has 3 N–H and O–H groups in total. The minimum atomic E-state index is -0.638. The number of fused-ring (bicyclic) bond motifs is 1. The predicted octanol–water partition coefficient (Wildman–Crippen LogP) is 1.67. The molecule has 0 aliphatic carbocycles. The summed E-state index contributed by atoms with van der Waals surface area (Å²) < 4.78 is 0. The molecule has 0 fully saturated rings. The molecule has 4 rings (SSSR count). The van der Waals surface area contributed by atoms with Crippen LogP contribution < -0.4 is 11.1 Å². The molecule has 0 aromatic carbocycles. The number of pyridine rings is 3. The summed E-state index contributed by atoms with van der Waals surface area (Å²) in [6.07, 6.45) is 4.61. The van der Waals surface area contributed by atoms with Gasteiger partial charge in [0.1, 0.15) is 16.9 Å². The van der Waals surface area contributed by atoms with Crippen molar-refractivity contribution in [3.8, 4) is 22.0 Å². The third-order valence-electron chi connectivity index (χ3n) is 4.07. The lowest BCUT2D eigenvalue weighted by atomic mass is 10.0. The Hall–Kier alpha value is -3.79. The number of carbonyl (C=O) groups is 2. The normalized spacial score (nSPS) is 10.8. The highest BCUT2D eigenvalue weighted by Crippen LogP contribution is 2.27. The molecule has 0 saturated carbocycles. The van der Waals surface area contributed by atoms with Crippen molar-refractivity contribution in [2.24, 2.45) is 5.73 Å². The Balaban J connectivity index is 1.89. The molecular formula is C18H13N7O2S. The molecule has 0 atom stereocenters. The van der Waals surface area contributed by atoms with Gasteiger partial charge in [0.05, 0.1) is 11.3 Å². The molecule has 2 amide bonds. The molecule has 0 aliphatic rings. The number of hydrogen-bond acceptors (Lipinski definition) is 8. The second kappa shape index (κ2) is 7.08. The van der Waals surface area contributed by atoms with Gasteiger partial charge < -0.3 is 11.1 Å². The van der Waals surface area contributed by atoms with Gasteiger partial charge in [-0.1, -0.05) is 11.3 Å². The van der Waals surface area contributed by atoms with Crippen LogP contribution in [0.3, 0.4) is 0 Å². The van der Waals surface area contributed by atoms with Crippen molar-refractivity contribution < 1.29 is 9.59 Å². The first kappa shape index (κ1) is 17.6. The summed E-state index contributed by atoms with van der Waals surface area (Å²) in [6.45, 7) is 0. The van der Waals surface area contributed by atoms with E-state index in [1.54, 1.807) is 24.0 Å². The molecule has 0 radical (unpaired) electrons. The van der Waals surface area contributed by atoms with E-state index in [9.17, 15) is 9.59 Å². The molecule has 0 saturated heterocycles. The summed E-state index contributed by atoms with van der Waals surface area (Å²) in [5, 5.41) is 12.8. The van der Waals surface area contributed by atoms with Crippen LogP contribution in [0.25, 0.3) is 32.7 Å². The van der Waals surface area contributed by atoms with Crippen molar-refractivity contribution >= 4 is 33.9 Å². The van der Waals surface area contributed by atoms with Gasteiger partial charge in [-0.25, -0.2) is 4.98 Å². The third-order valence-corrected chi connectivity index (χ3v) is 4.79. The van der Waals surface area contributed by atoms with E-state index >= 15 is 0 Å². The molecule has 4 aromatic rings. The van der Waals surface area contributed by atoms with Gasteiger partial charge in [0.25, 0.3) is 5.91 Å². The van der Waals surface area contributed by atoms with Gasteiger partial charge in [0.2, 0.25) is 5.91 Å². The number of primary amides is 1. The number of amides is 2. The number of nitrogens with zero attached hydrogens (tertiary/aromatic N) is 5. The molecule has 28 heavy (non-hydrogen) atoms. The van der Waals surface area contributed by atoms with Crippen LogP contribution in [0.15, 0.2) is 42.3 Å². The van der Waals surface area contributed by atoms with Crippen LogP contribution in [-0.4, -0.2) is 44.0 Å². The van der Waals surface area contributed by atoms with Crippen molar-refractivity contribution in [2.45, 2.75) is 0 Å². The Morgan fingerprint density at radius 3 is 2.43 bits per heavy atom. The van der Waals surface area contributed by atoms with E-state index in [1.165, 1.54) is 30.6 Å². The van der Waals surface area contributed by atoms with Crippen molar-refractivity contribution in [3.63, 3.8) is 0 Å². The highest BCUT2D eigenvalue weighted by molar-refractivity contribution is 7.12. The summed E-state index contributed by atoms with van der Waals surface area (Å²) in [6, 6.07) is 5.18. The van der Waals surface area contributed by atoms with Crippen LogP contribution >= 0.6 is 11.3 Å². The Bertz CT molecular complexity index is 1210. The molecule has 10 heteroatoms. The maximum atomic E-state index is 12.2. The largest absolute Gasteiger partial charge is 0.366 e. The molecule has 9 nitrogen and oxygen atoms in total. The Morgan fingerprint density at radius 2 is 1.75 bits per heavy atom. The number of rotatable bonds is 4. The van der Waals surface area contributed by atoms with E-state index < -0.39 is 11.8 Å². The maximum Gasteiger partial charge on any atom is 0.270 e. The monoisotopic (exact) mass is 391 g/mol. The molecular weight excluding hydrogens is 378 g/mol. The van der Waals surface area contributed by atoms with Crippen molar-refractivity contribution in [1.82, 2.24) is 30.5 Å². The van der Waals surface area contributed by atoms with Crippen LogP contribution in [0.1, 0.15) is 20.8 Å². The maximum absolute atomic E-state index is 12.2. The van der Waals surface area contributed by atoms with Gasteiger partial charge in [-0.2, -0.15) is 0 Å². The van der Waals surface area contributed by atoms with Gasteiger partial charge >= 0.3 is 0 Å². The first-order valence-electron chi connectivity index (χ1n) is 8.11. The first-order valence-corrected chi connectivity index (χ1v) is 8.99. The third kappa shape index (κ3) is 3.16. The van der Waals surface area contributed by atoms with Crippen LogP contribution in [0.2, 0.25) is 0 Å². The SMILES string of the molecule is CNC(=O)c1ncc(C(N)=O)cc1-c1cc2cc(-c3nncs3)ncc2cn1. The standard InChI is InChI=1S/C18H13N7O2S/c1-20-17(27)15-12(2-10(5-23-15)16(19)26)13-3-9-4-14(18-25-24-8-28-18)22-7-11(9)6-21-13/h2-8H,1H3,(H2,19,26)(H,20,27). The number of aromatic nitrogens is 5. The Kier molecular flexibility index (Phi) is 4.45. The number of hydrogen-bond donors (Lipinski definition) is 2. The van der Waals surface area contributed by atoms with Crippen LogP contribution in [0.4, 0.5) is 0 Å². The average Bonchev–Trinajstić information content (AvgIpc) is 3.26. The second-order valence-corrected chi connectivity index (χ2v) is 6.63. The zero-order valence-corrected chi connectivity index (χ0v) is 15.4. The van der Waals surface area contributed by atoms with E-state index in [2.05, 4.69) is 30.5 Å². The second-order valence-electron chi connectivity index (χ2n) is 5.79. The lowest BCUT2D eigenvalue weighted by Crippen LogP contribution is -2.21. The fourth-order valence-corrected chi connectivity index (χ4v) is 3.20. The summed E-state index contributed by atoms with van der Waals surface area (Å²) >= 11 is 1.39. The summed E-state index contributed by atoms with van der Waals surface area (Å²) in [4.78, 5) is 36.7. The van der Waals surface area contributed by atoms with Gasteiger partial charge in [-0.3, -0.25) is 19.6 Å². The lowest BCUT2D eigenvalue weighted by Gasteiger charge is -2.10. The van der Waals surface area contributed by atoms with E-state index in [0.29, 0.717) is 22.0 Å². The van der Waals surface area contributed by atoms with Crippen LogP contribution in [0, 0.1) is 0 Å². The zero-order valence-electron chi connectivity index (χ0n) is 14.6. The molecule has 0 spiro atoms. The molecule has 0 bridgehead atoms. The molecule has 4 aromatic heterocycles. The molecule has 4 heterocycles. The highest BCUT2D eigenvalue weighted by Gasteiger charge is 2.17. The van der Waals surface area contributed by atoms with Crippen molar-refractivity contribution in [1.29, 1.82) is 0 Å². The summed E-state index contributed by atoms with van der Waals surface area (Å²) in [5.74, 6) is -1.03. The zero-order chi connectivity index (χ0) is 19.7. The first-order chi connectivity index (χ1) is 13.6. The van der Waals surface area contributed by atoms with E-state index in [1.807, 2.05) is 6.07 Å². The average molecular weight is 391 g/mol. The number of carbonyl (C=O) groups excluding carboxylic acids is 2. The molecule has 138 valence electrons. The molecule has 0 aliphatic heterocycles. The van der Waals surface area contributed by atoms with E-state index in [0.717, 1.165) is 10.8 Å². The van der Waals surface area contributed by atoms with Crippen LogP contribution in [-0.2, 0) is 0 Å². The van der Waals surface area contributed by atoms with Gasteiger partial charge in [0.15, 0.2) is 5.01 Å². The van der Waals surface area contributed by atoms with Gasteiger partial charge in [-0.05, 0) is 23.6 Å². The van der Waals surface area contributed by atoms with Gasteiger partial charge in [0, 0.05) is 36.6 Å². The van der Waals surface area contributed by atoms with Gasteiger partial charge in [-0.15, -0.1) is 10.2 Å². The number of nitrogens with two attached hydrogens (primary N) is 1. The van der Waals surface area contributed by atoms with E-state index in [-0.39, 0.29) is 11.3 Å². The number of nitrogens with one attached hydrogen (secondary N) is 1. The topological polar surface area (TPSA) is 137 Å².